The Balaban J connectivity index is 1.41. The first-order valence-corrected chi connectivity index (χ1v) is 9.35. The number of rotatable bonds is 2. The summed E-state index contributed by atoms with van der Waals surface area (Å²) in [6, 6.07) is 10.4. The van der Waals surface area contributed by atoms with Gasteiger partial charge in [-0.25, -0.2) is 8.78 Å². The fraction of sp³-hybridized carbons (Fsp3) is 0.333. The first-order chi connectivity index (χ1) is 13.2. The Labute approximate surface area is 156 Å². The summed E-state index contributed by atoms with van der Waals surface area (Å²) in [6.07, 6.45) is 0.855. The third-order valence-corrected chi connectivity index (χ3v) is 5.59. The van der Waals surface area contributed by atoms with Gasteiger partial charge in [0, 0.05) is 41.9 Å². The zero-order valence-electron chi connectivity index (χ0n) is 15.0. The van der Waals surface area contributed by atoms with Gasteiger partial charge in [0.1, 0.15) is 11.6 Å². The fourth-order valence-electron chi connectivity index (χ4n) is 4.19. The van der Waals surface area contributed by atoms with Crippen molar-refractivity contribution in [3.8, 4) is 0 Å². The molecule has 0 saturated carbocycles. The molecule has 3 aromatic rings. The molecule has 0 atom stereocenters. The number of fused-ring (bicyclic) bond motifs is 3. The minimum atomic E-state index is -0.237. The second-order valence-electron chi connectivity index (χ2n) is 7.18. The van der Waals surface area contributed by atoms with E-state index >= 15 is 0 Å². The van der Waals surface area contributed by atoms with E-state index < -0.39 is 0 Å². The van der Waals surface area contributed by atoms with Crippen LogP contribution in [-0.4, -0.2) is 37.8 Å². The molecule has 5 rings (SSSR count). The van der Waals surface area contributed by atoms with Gasteiger partial charge in [-0.2, -0.15) is 0 Å². The Hall–Kier alpha value is -2.60. The maximum atomic E-state index is 14.7. The van der Waals surface area contributed by atoms with E-state index in [2.05, 4.69) is 9.88 Å². The second kappa shape index (κ2) is 6.53. The number of anilines is 2. The molecule has 0 radical (unpaired) electrons. The van der Waals surface area contributed by atoms with E-state index in [0.29, 0.717) is 25.4 Å². The van der Waals surface area contributed by atoms with Crippen molar-refractivity contribution >= 4 is 22.3 Å². The van der Waals surface area contributed by atoms with Crippen molar-refractivity contribution in [2.45, 2.75) is 13.0 Å². The average Bonchev–Trinajstić information content (AvgIpc) is 3.05. The van der Waals surface area contributed by atoms with Crippen LogP contribution in [0.2, 0.25) is 0 Å². The number of hydrogen-bond donors (Lipinski definition) is 1. The smallest absolute Gasteiger partial charge is 0.148 e. The molecule has 0 bridgehead atoms. The van der Waals surface area contributed by atoms with Crippen molar-refractivity contribution < 1.29 is 13.5 Å². The molecule has 27 heavy (non-hydrogen) atoms. The largest absolute Gasteiger partial charge is 0.378 e. The highest BCUT2D eigenvalue weighted by Crippen LogP contribution is 2.32. The van der Waals surface area contributed by atoms with Gasteiger partial charge in [-0.1, -0.05) is 0 Å². The summed E-state index contributed by atoms with van der Waals surface area (Å²) in [7, 11) is 0. The monoisotopic (exact) mass is 369 g/mol. The predicted molar refractivity (Wildman–Crippen MR) is 102 cm³/mol. The molecule has 0 unspecified atom stereocenters. The van der Waals surface area contributed by atoms with E-state index in [1.54, 1.807) is 6.07 Å². The fourth-order valence-corrected chi connectivity index (χ4v) is 4.19. The number of ether oxygens (including phenoxy) is 1. The lowest BCUT2D eigenvalue weighted by Crippen LogP contribution is -2.37. The summed E-state index contributed by atoms with van der Waals surface area (Å²) in [5.74, 6) is -0.433. The molecular weight excluding hydrogens is 348 g/mol. The van der Waals surface area contributed by atoms with Crippen molar-refractivity contribution in [3.05, 3.63) is 59.3 Å². The molecule has 3 heterocycles. The third kappa shape index (κ3) is 2.94. The second-order valence-corrected chi connectivity index (χ2v) is 7.18. The minimum Gasteiger partial charge on any atom is -0.378 e. The molecule has 2 aliphatic heterocycles. The number of nitrogens with zero attached hydrogens (tertiary/aromatic N) is 2. The van der Waals surface area contributed by atoms with Crippen LogP contribution in [0.5, 0.6) is 0 Å². The number of aromatic nitrogens is 1. The summed E-state index contributed by atoms with van der Waals surface area (Å²) < 4.78 is 33.6. The molecule has 2 aliphatic rings. The summed E-state index contributed by atoms with van der Waals surface area (Å²) in [6.45, 7) is 4.19. The normalized spacial score (nSPS) is 17.4. The van der Waals surface area contributed by atoms with Crippen molar-refractivity contribution in [1.29, 1.82) is 0 Å². The number of hydrogen-bond acceptors (Lipinski definition) is 3. The number of H-pyrrole nitrogens is 1. The highest BCUT2D eigenvalue weighted by atomic mass is 19.1. The third-order valence-electron chi connectivity index (χ3n) is 5.59. The highest BCUT2D eigenvalue weighted by Gasteiger charge is 2.22. The van der Waals surface area contributed by atoms with Crippen LogP contribution < -0.4 is 9.80 Å². The van der Waals surface area contributed by atoms with Crippen molar-refractivity contribution in [2.75, 3.05) is 42.6 Å². The van der Waals surface area contributed by atoms with Crippen LogP contribution >= 0.6 is 0 Å². The van der Waals surface area contributed by atoms with Crippen molar-refractivity contribution in [1.82, 2.24) is 4.98 Å². The summed E-state index contributed by atoms with van der Waals surface area (Å²) >= 11 is 0. The molecule has 1 fully saturated rings. The van der Waals surface area contributed by atoms with E-state index in [0.717, 1.165) is 48.3 Å². The number of benzene rings is 2. The summed E-state index contributed by atoms with van der Waals surface area (Å²) in [5, 5.41) is 1.08. The maximum absolute atomic E-state index is 14.7. The Morgan fingerprint density at radius 2 is 1.78 bits per heavy atom. The van der Waals surface area contributed by atoms with Gasteiger partial charge in [0.25, 0.3) is 0 Å². The van der Waals surface area contributed by atoms with Gasteiger partial charge in [-0.3, -0.25) is 0 Å². The SMILES string of the molecule is Fc1ccc2c3c([nH]c2c1)CN(c1ccc(N2CCOCC2)c(F)c1)CC3. The zero-order chi connectivity index (χ0) is 18.4. The first kappa shape index (κ1) is 16.6. The van der Waals surface area contributed by atoms with E-state index in [4.69, 9.17) is 4.74 Å². The van der Waals surface area contributed by atoms with E-state index in [1.807, 2.05) is 23.1 Å². The van der Waals surface area contributed by atoms with Crippen LogP contribution in [0, 0.1) is 11.6 Å². The molecule has 0 amide bonds. The number of nitrogens with one attached hydrogen (secondary N) is 1. The average molecular weight is 369 g/mol. The Morgan fingerprint density at radius 1 is 0.926 bits per heavy atom. The van der Waals surface area contributed by atoms with Gasteiger partial charge in [-0.15, -0.1) is 0 Å². The minimum absolute atomic E-state index is 0.195. The zero-order valence-corrected chi connectivity index (χ0v) is 15.0. The summed E-state index contributed by atoms with van der Waals surface area (Å²) in [5.41, 5.74) is 4.67. The lowest BCUT2D eigenvalue weighted by molar-refractivity contribution is 0.122. The molecule has 1 aromatic heterocycles. The lowest BCUT2D eigenvalue weighted by atomic mass is 10.0. The van der Waals surface area contributed by atoms with Crippen molar-refractivity contribution in [2.24, 2.45) is 0 Å². The van der Waals surface area contributed by atoms with Crippen LogP contribution in [0.3, 0.4) is 0 Å². The van der Waals surface area contributed by atoms with Gasteiger partial charge in [-0.05, 0) is 48.4 Å². The van der Waals surface area contributed by atoms with Gasteiger partial charge in [0.2, 0.25) is 0 Å². The number of morpholine rings is 1. The Morgan fingerprint density at radius 3 is 2.59 bits per heavy atom. The maximum Gasteiger partial charge on any atom is 0.148 e. The number of aromatic amines is 1. The van der Waals surface area contributed by atoms with Gasteiger partial charge >= 0.3 is 0 Å². The van der Waals surface area contributed by atoms with E-state index in [1.165, 1.54) is 17.7 Å². The van der Waals surface area contributed by atoms with E-state index in [9.17, 15) is 8.78 Å². The van der Waals surface area contributed by atoms with Crippen LogP contribution in [0.25, 0.3) is 10.9 Å². The molecular formula is C21H21F2N3O. The Kier molecular flexibility index (Phi) is 4.01. The lowest BCUT2D eigenvalue weighted by Gasteiger charge is -2.31. The van der Waals surface area contributed by atoms with Gasteiger partial charge in [0.15, 0.2) is 0 Å². The van der Waals surface area contributed by atoms with Crippen LogP contribution in [0.15, 0.2) is 36.4 Å². The molecule has 0 spiro atoms. The number of halogens is 2. The van der Waals surface area contributed by atoms with Crippen LogP contribution in [0.4, 0.5) is 20.2 Å². The molecule has 140 valence electrons. The quantitative estimate of drug-likeness (QED) is 0.745. The first-order valence-electron chi connectivity index (χ1n) is 9.35. The molecule has 1 N–H and O–H groups in total. The molecule has 4 nitrogen and oxygen atoms in total. The van der Waals surface area contributed by atoms with Crippen LogP contribution in [0.1, 0.15) is 11.3 Å². The van der Waals surface area contributed by atoms with E-state index in [-0.39, 0.29) is 11.6 Å². The molecule has 0 aliphatic carbocycles. The Bertz CT molecular complexity index is 995. The predicted octanol–water partition coefficient (Wildman–Crippen LogP) is 3.85. The molecule has 2 aromatic carbocycles. The highest BCUT2D eigenvalue weighted by molar-refractivity contribution is 5.85. The topological polar surface area (TPSA) is 31.5 Å². The molecule has 1 saturated heterocycles. The molecule has 6 heteroatoms. The van der Waals surface area contributed by atoms with Gasteiger partial charge < -0.3 is 19.5 Å². The standard InChI is InChI=1S/C21H21F2N3O/c22-14-1-3-16-17-5-6-26(13-20(17)24-19(16)11-14)15-2-4-21(18(23)12-15)25-7-9-27-10-8-25/h1-4,11-12,24H,5-10,13H2. The van der Waals surface area contributed by atoms with Gasteiger partial charge in [0.05, 0.1) is 25.4 Å². The summed E-state index contributed by atoms with van der Waals surface area (Å²) in [4.78, 5) is 7.53. The van der Waals surface area contributed by atoms with Crippen molar-refractivity contribution in [3.63, 3.8) is 0 Å². The van der Waals surface area contributed by atoms with Crippen LogP contribution in [-0.2, 0) is 17.7 Å².